The highest BCUT2D eigenvalue weighted by Gasteiger charge is 2.00. The molecule has 0 saturated heterocycles. The summed E-state index contributed by atoms with van der Waals surface area (Å²) in [7, 11) is 2.14. The number of nitrogens with zero attached hydrogens (tertiary/aromatic N) is 1. The maximum atomic E-state index is 5.69. The van der Waals surface area contributed by atoms with Crippen molar-refractivity contribution in [1.29, 1.82) is 0 Å². The van der Waals surface area contributed by atoms with Crippen molar-refractivity contribution in [2.45, 2.75) is 6.42 Å². The number of hydrogen-bond donors (Lipinski definition) is 0. The van der Waals surface area contributed by atoms with Crippen LogP contribution in [-0.4, -0.2) is 31.6 Å². The van der Waals surface area contributed by atoms with Crippen LogP contribution in [0.15, 0.2) is 60.7 Å². The van der Waals surface area contributed by atoms with Crippen LogP contribution in [0.2, 0.25) is 0 Å². The first-order valence-electron chi connectivity index (χ1n) is 6.75. The van der Waals surface area contributed by atoms with Gasteiger partial charge in [-0.1, -0.05) is 48.5 Å². The predicted octanol–water partition coefficient (Wildman–Crippen LogP) is 3.24. The second-order valence-electron chi connectivity index (χ2n) is 4.70. The number of para-hydroxylation sites is 1. The summed E-state index contributed by atoms with van der Waals surface area (Å²) < 4.78 is 5.69. The van der Waals surface area contributed by atoms with E-state index in [1.165, 1.54) is 5.56 Å². The van der Waals surface area contributed by atoms with Gasteiger partial charge in [-0.05, 0) is 31.2 Å². The summed E-state index contributed by atoms with van der Waals surface area (Å²) in [4.78, 5) is 2.30. The fraction of sp³-hybridized carbons (Fsp3) is 0.294. The third-order valence-electron chi connectivity index (χ3n) is 3.11. The topological polar surface area (TPSA) is 12.5 Å². The van der Waals surface area contributed by atoms with Crippen molar-refractivity contribution in [2.24, 2.45) is 0 Å². The molecule has 0 heterocycles. The van der Waals surface area contributed by atoms with Crippen molar-refractivity contribution < 1.29 is 4.74 Å². The normalized spacial score (nSPS) is 10.6. The molecule has 0 aliphatic rings. The van der Waals surface area contributed by atoms with Crippen LogP contribution in [0.5, 0.6) is 5.75 Å². The van der Waals surface area contributed by atoms with E-state index in [9.17, 15) is 0 Å². The molecule has 2 aromatic carbocycles. The number of likely N-dealkylation sites (N-methyl/N-ethyl adjacent to an activating group) is 1. The standard InChI is InChI=1S/C17H21NO/c1-18(13-12-16-8-4-2-5-9-16)14-15-19-17-10-6-3-7-11-17/h2-11H,12-15H2,1H3. The van der Waals surface area contributed by atoms with E-state index in [1.54, 1.807) is 0 Å². The zero-order valence-electron chi connectivity index (χ0n) is 11.5. The summed E-state index contributed by atoms with van der Waals surface area (Å²) in [5, 5.41) is 0. The van der Waals surface area contributed by atoms with Crippen LogP contribution in [0.3, 0.4) is 0 Å². The molecule has 0 aromatic heterocycles. The molecule has 100 valence electrons. The molecule has 2 heteroatoms. The molecule has 0 spiro atoms. The molecule has 0 aliphatic heterocycles. The van der Waals surface area contributed by atoms with Crippen molar-refractivity contribution in [1.82, 2.24) is 4.90 Å². The summed E-state index contributed by atoms with van der Waals surface area (Å²) in [6, 6.07) is 20.6. The summed E-state index contributed by atoms with van der Waals surface area (Å²) in [6.45, 7) is 2.74. The first-order valence-corrected chi connectivity index (χ1v) is 6.75. The van der Waals surface area contributed by atoms with Crippen LogP contribution in [0.1, 0.15) is 5.56 Å². The van der Waals surface area contributed by atoms with E-state index in [0.717, 1.165) is 31.9 Å². The smallest absolute Gasteiger partial charge is 0.119 e. The molecule has 0 unspecified atom stereocenters. The average molecular weight is 255 g/mol. The van der Waals surface area contributed by atoms with Crippen LogP contribution in [-0.2, 0) is 6.42 Å². The molecule has 0 N–H and O–H groups in total. The zero-order chi connectivity index (χ0) is 13.3. The highest BCUT2D eigenvalue weighted by Crippen LogP contribution is 2.08. The molecule has 0 amide bonds. The quantitative estimate of drug-likeness (QED) is 0.753. The van der Waals surface area contributed by atoms with Crippen molar-refractivity contribution in [2.75, 3.05) is 26.7 Å². The van der Waals surface area contributed by atoms with Gasteiger partial charge in [-0.25, -0.2) is 0 Å². The van der Waals surface area contributed by atoms with E-state index in [-0.39, 0.29) is 0 Å². The Morgan fingerprint density at radius 1 is 0.842 bits per heavy atom. The Balaban J connectivity index is 1.64. The second-order valence-corrected chi connectivity index (χ2v) is 4.70. The molecule has 0 saturated carbocycles. The van der Waals surface area contributed by atoms with Gasteiger partial charge in [-0.15, -0.1) is 0 Å². The molecule has 0 radical (unpaired) electrons. The molecule has 2 nitrogen and oxygen atoms in total. The minimum Gasteiger partial charge on any atom is -0.492 e. The molecule has 0 bridgehead atoms. The predicted molar refractivity (Wildman–Crippen MR) is 79.6 cm³/mol. The van der Waals surface area contributed by atoms with E-state index in [1.807, 2.05) is 30.3 Å². The van der Waals surface area contributed by atoms with E-state index < -0.39 is 0 Å². The first-order chi connectivity index (χ1) is 9.34. The Morgan fingerprint density at radius 3 is 2.16 bits per heavy atom. The van der Waals surface area contributed by atoms with E-state index in [2.05, 4.69) is 42.3 Å². The van der Waals surface area contributed by atoms with Gasteiger partial charge in [-0.3, -0.25) is 0 Å². The molecule has 19 heavy (non-hydrogen) atoms. The molecular formula is C17H21NO. The lowest BCUT2D eigenvalue weighted by Gasteiger charge is -2.16. The summed E-state index contributed by atoms with van der Waals surface area (Å²) in [5.74, 6) is 0.943. The third kappa shape index (κ3) is 5.14. The number of ether oxygens (including phenoxy) is 1. The van der Waals surface area contributed by atoms with Gasteiger partial charge < -0.3 is 9.64 Å². The molecule has 2 rings (SSSR count). The Labute approximate surface area is 115 Å². The molecular weight excluding hydrogens is 234 g/mol. The van der Waals surface area contributed by atoms with Gasteiger partial charge in [0.05, 0.1) is 0 Å². The second kappa shape index (κ2) is 7.59. The molecule has 0 atom stereocenters. The van der Waals surface area contributed by atoms with Gasteiger partial charge in [0.15, 0.2) is 0 Å². The minimum absolute atomic E-state index is 0.731. The Bertz CT molecular complexity index is 455. The van der Waals surface area contributed by atoms with Gasteiger partial charge in [0.2, 0.25) is 0 Å². The van der Waals surface area contributed by atoms with E-state index >= 15 is 0 Å². The number of rotatable bonds is 7. The van der Waals surface area contributed by atoms with Gasteiger partial charge in [0, 0.05) is 13.1 Å². The van der Waals surface area contributed by atoms with E-state index in [4.69, 9.17) is 4.74 Å². The van der Waals surface area contributed by atoms with Gasteiger partial charge in [-0.2, -0.15) is 0 Å². The van der Waals surface area contributed by atoms with Crippen molar-refractivity contribution >= 4 is 0 Å². The lowest BCUT2D eigenvalue weighted by molar-refractivity contribution is 0.239. The van der Waals surface area contributed by atoms with Crippen LogP contribution in [0, 0.1) is 0 Å². The number of benzene rings is 2. The maximum Gasteiger partial charge on any atom is 0.119 e. The van der Waals surface area contributed by atoms with Crippen molar-refractivity contribution in [3.8, 4) is 5.75 Å². The lowest BCUT2D eigenvalue weighted by atomic mass is 10.1. The third-order valence-corrected chi connectivity index (χ3v) is 3.11. The van der Waals surface area contributed by atoms with Crippen LogP contribution >= 0.6 is 0 Å². The molecule has 0 fully saturated rings. The van der Waals surface area contributed by atoms with Crippen LogP contribution < -0.4 is 4.74 Å². The summed E-state index contributed by atoms with van der Waals surface area (Å²) >= 11 is 0. The largest absolute Gasteiger partial charge is 0.492 e. The molecule has 0 aliphatic carbocycles. The maximum absolute atomic E-state index is 5.69. The van der Waals surface area contributed by atoms with Gasteiger partial charge in [0.25, 0.3) is 0 Å². The van der Waals surface area contributed by atoms with Crippen molar-refractivity contribution in [3.63, 3.8) is 0 Å². The Morgan fingerprint density at radius 2 is 1.47 bits per heavy atom. The monoisotopic (exact) mass is 255 g/mol. The summed E-state index contributed by atoms with van der Waals surface area (Å²) in [6.07, 6.45) is 1.09. The highest BCUT2D eigenvalue weighted by atomic mass is 16.5. The SMILES string of the molecule is CN(CCOc1ccccc1)CCc1ccccc1. The number of hydrogen-bond acceptors (Lipinski definition) is 2. The Kier molecular flexibility index (Phi) is 5.45. The summed E-state index contributed by atoms with van der Waals surface area (Å²) in [5.41, 5.74) is 1.39. The Hall–Kier alpha value is -1.80. The minimum atomic E-state index is 0.731. The molecule has 2 aromatic rings. The fourth-order valence-electron chi connectivity index (χ4n) is 1.91. The van der Waals surface area contributed by atoms with Crippen LogP contribution in [0.25, 0.3) is 0 Å². The van der Waals surface area contributed by atoms with Gasteiger partial charge in [0.1, 0.15) is 12.4 Å². The lowest BCUT2D eigenvalue weighted by Crippen LogP contribution is -2.26. The zero-order valence-corrected chi connectivity index (χ0v) is 11.5. The van der Waals surface area contributed by atoms with Crippen molar-refractivity contribution in [3.05, 3.63) is 66.2 Å². The first kappa shape index (κ1) is 13.6. The fourth-order valence-corrected chi connectivity index (χ4v) is 1.91. The van der Waals surface area contributed by atoms with Gasteiger partial charge >= 0.3 is 0 Å². The van der Waals surface area contributed by atoms with E-state index in [0.29, 0.717) is 0 Å². The highest BCUT2D eigenvalue weighted by molar-refractivity contribution is 5.20. The average Bonchev–Trinajstić information content (AvgIpc) is 2.47. The van der Waals surface area contributed by atoms with Crippen LogP contribution in [0.4, 0.5) is 0 Å².